The average molecular weight is 702 g/mol. The zero-order chi connectivity index (χ0) is 35.6. The Balaban J connectivity index is 1.40. The van der Waals surface area contributed by atoms with Crippen LogP contribution in [0.5, 0.6) is 0 Å². The van der Waals surface area contributed by atoms with Gasteiger partial charge >= 0.3 is 12.2 Å². The molecule has 5 amide bonds. The van der Waals surface area contributed by atoms with Crippen molar-refractivity contribution in [1.29, 1.82) is 0 Å². The first-order valence-corrected chi connectivity index (χ1v) is 18.8. The summed E-state index contributed by atoms with van der Waals surface area (Å²) in [6.07, 6.45) is 6.23. The number of benzene rings is 1. The lowest BCUT2D eigenvalue weighted by atomic mass is 10.0. The fourth-order valence-corrected chi connectivity index (χ4v) is 7.26. The van der Waals surface area contributed by atoms with Gasteiger partial charge in [0, 0.05) is 25.4 Å². The van der Waals surface area contributed by atoms with Gasteiger partial charge in [-0.05, 0) is 64.0 Å². The average Bonchev–Trinajstić information content (AvgIpc) is 3.54. The van der Waals surface area contributed by atoms with Crippen LogP contribution in [-0.2, 0) is 46.8 Å². The van der Waals surface area contributed by atoms with Crippen LogP contribution in [0, 0.1) is 5.92 Å². The Kier molecular flexibility index (Phi) is 10.6. The van der Waals surface area contributed by atoms with E-state index in [-0.39, 0.29) is 25.8 Å². The summed E-state index contributed by atoms with van der Waals surface area (Å²) in [5.41, 5.74) is -0.173. The Bertz CT molecular complexity index is 1610. The molecule has 0 radical (unpaired) electrons. The second-order valence-electron chi connectivity index (χ2n) is 14.4. The van der Waals surface area contributed by atoms with E-state index in [0.717, 1.165) is 30.2 Å². The summed E-state index contributed by atoms with van der Waals surface area (Å²) in [5.74, 6) is -2.56. The van der Waals surface area contributed by atoms with Crippen molar-refractivity contribution in [2.45, 2.75) is 108 Å². The molecule has 1 saturated heterocycles. The number of carbonyl (C=O) groups excluding carboxylic acids is 5. The normalized spacial score (nSPS) is 28.3. The molecule has 15 heteroatoms. The van der Waals surface area contributed by atoms with Crippen LogP contribution in [0.4, 0.5) is 9.59 Å². The molecule has 3 heterocycles. The Morgan fingerprint density at radius 1 is 1.06 bits per heavy atom. The van der Waals surface area contributed by atoms with Crippen molar-refractivity contribution < 1.29 is 41.9 Å². The molecule has 3 N–H and O–H groups in total. The van der Waals surface area contributed by atoms with Crippen LogP contribution in [-0.4, -0.2) is 96.8 Å². The highest BCUT2D eigenvalue weighted by atomic mass is 32.2. The van der Waals surface area contributed by atoms with Crippen molar-refractivity contribution >= 4 is 39.9 Å². The first-order chi connectivity index (χ1) is 23.0. The Hall–Kier alpha value is -4.14. The summed E-state index contributed by atoms with van der Waals surface area (Å²) in [6, 6.07) is 5.63. The fraction of sp³-hybridized carbons (Fsp3) is 0.618. The number of alkyl carbamates (subject to hydrolysis) is 1. The molecule has 0 spiro atoms. The Morgan fingerprint density at radius 2 is 1.80 bits per heavy atom. The number of ether oxygens (including phenoxy) is 2. The SMILES string of the molecule is CC(C)(C)OC(=O)N[C@H]1CCCCC/C=C\[C@H]2C[C@@]2(C(=O)NS(C)(=O)=O)NC(=O)C2C[C@@H](OC(=O)N3CCc4ccccc4C3)CN2C1=O. The van der Waals surface area contributed by atoms with Gasteiger partial charge in [-0.15, -0.1) is 0 Å². The van der Waals surface area contributed by atoms with Gasteiger partial charge < -0.3 is 29.9 Å². The standard InChI is InChI=1S/C34H47N5O9S/c1-33(2,3)48-31(43)35-26-15-9-7-5-6-8-14-24-19-34(24,30(42)37-49(4,45)46)36-28(40)27-18-25(21-39(27)29(26)41)47-32(44)38-17-16-22-12-10-11-13-23(22)20-38/h8,10-14,24-27H,5-7,9,15-21H2,1-4H3,(H,35,43)(H,36,40)(H,37,42)/b14-8-/t24-,25+,26-,27?,34+/m0/s1. The maximum absolute atomic E-state index is 14.2. The summed E-state index contributed by atoms with van der Waals surface area (Å²) in [4.78, 5) is 70.6. The van der Waals surface area contributed by atoms with Gasteiger partial charge in [0.2, 0.25) is 21.8 Å². The third kappa shape index (κ3) is 9.11. The molecule has 3 aliphatic heterocycles. The number of hydrogen-bond acceptors (Lipinski definition) is 9. The van der Waals surface area contributed by atoms with E-state index in [9.17, 15) is 32.4 Å². The minimum Gasteiger partial charge on any atom is -0.444 e. The predicted molar refractivity (Wildman–Crippen MR) is 178 cm³/mol. The molecule has 4 aliphatic rings. The number of carbonyl (C=O) groups is 5. The first-order valence-electron chi connectivity index (χ1n) is 16.9. The van der Waals surface area contributed by atoms with Crippen molar-refractivity contribution in [2.75, 3.05) is 19.3 Å². The van der Waals surface area contributed by atoms with E-state index in [1.807, 2.05) is 41.1 Å². The topological polar surface area (TPSA) is 181 Å². The number of nitrogens with one attached hydrogen (secondary N) is 3. The second kappa shape index (κ2) is 14.4. The van der Waals surface area contributed by atoms with Crippen LogP contribution in [0.2, 0.25) is 0 Å². The summed E-state index contributed by atoms with van der Waals surface area (Å²) in [5, 5.41) is 5.45. The smallest absolute Gasteiger partial charge is 0.410 e. The molecule has 5 atom stereocenters. The third-order valence-electron chi connectivity index (χ3n) is 9.27. The molecule has 1 aromatic rings. The van der Waals surface area contributed by atoms with Gasteiger partial charge in [-0.2, -0.15) is 0 Å². The van der Waals surface area contributed by atoms with E-state index in [4.69, 9.17) is 9.47 Å². The number of allylic oxidation sites excluding steroid dienone is 1. The lowest BCUT2D eigenvalue weighted by Crippen LogP contribution is -2.58. The molecule has 1 aromatic carbocycles. The fourth-order valence-electron chi connectivity index (χ4n) is 6.74. The van der Waals surface area contributed by atoms with Crippen molar-refractivity contribution in [2.24, 2.45) is 5.92 Å². The van der Waals surface area contributed by atoms with E-state index < -0.39 is 75.2 Å². The van der Waals surface area contributed by atoms with E-state index >= 15 is 0 Å². The molecule has 1 unspecified atom stereocenters. The molecular formula is C34H47N5O9S. The van der Waals surface area contributed by atoms with E-state index in [0.29, 0.717) is 32.4 Å². The predicted octanol–water partition coefficient (Wildman–Crippen LogP) is 2.52. The summed E-state index contributed by atoms with van der Waals surface area (Å²) in [7, 11) is -3.93. The molecule has 5 rings (SSSR count). The molecule has 0 aromatic heterocycles. The maximum atomic E-state index is 14.2. The van der Waals surface area contributed by atoms with E-state index in [1.54, 1.807) is 25.7 Å². The van der Waals surface area contributed by atoms with Gasteiger partial charge in [0.1, 0.15) is 29.3 Å². The van der Waals surface area contributed by atoms with Crippen LogP contribution < -0.4 is 15.4 Å². The van der Waals surface area contributed by atoms with Crippen molar-refractivity contribution in [3.8, 4) is 0 Å². The van der Waals surface area contributed by atoms with Gasteiger partial charge in [-0.3, -0.25) is 19.1 Å². The highest BCUT2D eigenvalue weighted by Crippen LogP contribution is 2.45. The molecular weight excluding hydrogens is 654 g/mol. The third-order valence-corrected chi connectivity index (χ3v) is 9.83. The number of fused-ring (bicyclic) bond motifs is 3. The molecule has 1 aliphatic carbocycles. The zero-order valence-electron chi connectivity index (χ0n) is 28.5. The lowest BCUT2D eigenvalue weighted by Gasteiger charge is -2.30. The van der Waals surface area contributed by atoms with Crippen LogP contribution in [0.15, 0.2) is 36.4 Å². The first kappa shape index (κ1) is 36.1. The van der Waals surface area contributed by atoms with Gasteiger partial charge in [0.25, 0.3) is 5.91 Å². The molecule has 49 heavy (non-hydrogen) atoms. The van der Waals surface area contributed by atoms with E-state index in [1.165, 1.54) is 4.90 Å². The zero-order valence-corrected chi connectivity index (χ0v) is 29.3. The summed E-state index contributed by atoms with van der Waals surface area (Å²) < 4.78 is 37.3. The lowest BCUT2D eigenvalue weighted by molar-refractivity contribution is -0.141. The second-order valence-corrected chi connectivity index (χ2v) is 16.2. The van der Waals surface area contributed by atoms with E-state index in [2.05, 4.69) is 10.6 Å². The number of rotatable bonds is 4. The van der Waals surface area contributed by atoms with Crippen LogP contribution in [0.1, 0.15) is 76.8 Å². The quantitative estimate of drug-likeness (QED) is 0.398. The van der Waals surface area contributed by atoms with Crippen molar-refractivity contribution in [3.63, 3.8) is 0 Å². The van der Waals surface area contributed by atoms with Gasteiger partial charge in [-0.25, -0.2) is 18.0 Å². The van der Waals surface area contributed by atoms with Crippen LogP contribution >= 0.6 is 0 Å². The van der Waals surface area contributed by atoms with Crippen LogP contribution in [0.3, 0.4) is 0 Å². The number of hydrogen-bond donors (Lipinski definition) is 3. The molecule has 268 valence electrons. The summed E-state index contributed by atoms with van der Waals surface area (Å²) in [6.45, 7) is 5.82. The van der Waals surface area contributed by atoms with Crippen LogP contribution in [0.25, 0.3) is 0 Å². The van der Waals surface area contributed by atoms with Crippen molar-refractivity contribution in [3.05, 3.63) is 47.5 Å². The monoisotopic (exact) mass is 701 g/mol. The molecule has 0 bridgehead atoms. The Morgan fingerprint density at radius 3 is 2.51 bits per heavy atom. The highest BCUT2D eigenvalue weighted by Gasteiger charge is 2.61. The highest BCUT2D eigenvalue weighted by molar-refractivity contribution is 7.89. The van der Waals surface area contributed by atoms with Gasteiger partial charge in [0.05, 0.1) is 12.8 Å². The van der Waals surface area contributed by atoms with Crippen molar-refractivity contribution in [1.82, 2.24) is 25.2 Å². The maximum Gasteiger partial charge on any atom is 0.410 e. The Labute approximate surface area is 287 Å². The van der Waals surface area contributed by atoms with Gasteiger partial charge in [0.15, 0.2) is 0 Å². The summed E-state index contributed by atoms with van der Waals surface area (Å²) >= 11 is 0. The molecule has 2 fully saturated rings. The number of amides is 5. The minimum absolute atomic E-state index is 0.0584. The minimum atomic E-state index is -3.93. The van der Waals surface area contributed by atoms with Gasteiger partial charge in [-0.1, -0.05) is 49.3 Å². The molecule has 1 saturated carbocycles. The molecule has 14 nitrogen and oxygen atoms in total. The number of sulfonamides is 1. The number of nitrogens with zero attached hydrogens (tertiary/aromatic N) is 2. The largest absolute Gasteiger partial charge is 0.444 e.